The predicted octanol–water partition coefficient (Wildman–Crippen LogP) is 2.75. The first-order valence-electron chi connectivity index (χ1n) is 6.42. The van der Waals surface area contributed by atoms with Gasteiger partial charge in [-0.3, -0.25) is 9.69 Å². The molecule has 1 N–H and O–H groups in total. The molecule has 1 aliphatic carbocycles. The second-order valence-corrected chi connectivity index (χ2v) is 5.30. The van der Waals surface area contributed by atoms with E-state index in [1.807, 2.05) is 23.1 Å². The van der Waals surface area contributed by atoms with E-state index >= 15 is 0 Å². The van der Waals surface area contributed by atoms with Crippen LogP contribution in [0.15, 0.2) is 59.1 Å². The first-order chi connectivity index (χ1) is 9.28. The molecular formula is C15H15BrN2O. The molecule has 3 rings (SSSR count). The SMILES string of the molecule is O=C1CCCN1C1=CC=C2C=C(CBr)C=CC=C2N1. The molecule has 3 nitrogen and oxygen atoms in total. The fourth-order valence-electron chi connectivity index (χ4n) is 2.43. The number of alkyl halides is 1. The number of fused-ring (bicyclic) bond motifs is 1. The summed E-state index contributed by atoms with van der Waals surface area (Å²) in [5.74, 6) is 1.10. The van der Waals surface area contributed by atoms with Crippen LogP contribution in [-0.4, -0.2) is 22.7 Å². The lowest BCUT2D eigenvalue weighted by Gasteiger charge is -2.25. The van der Waals surface area contributed by atoms with Gasteiger partial charge in [-0.2, -0.15) is 0 Å². The van der Waals surface area contributed by atoms with Gasteiger partial charge >= 0.3 is 0 Å². The third-order valence-corrected chi connectivity index (χ3v) is 4.07. The molecule has 0 spiro atoms. The Morgan fingerprint density at radius 1 is 1.32 bits per heavy atom. The standard InChI is InChI=1S/C15H15BrN2O/c16-10-11-3-1-4-13-12(9-11)6-7-14(17-13)18-8-2-5-15(18)19/h1,3-4,6-7,9,17H,2,5,8,10H2. The number of nitrogens with zero attached hydrogens (tertiary/aromatic N) is 1. The van der Waals surface area contributed by atoms with Crippen LogP contribution in [-0.2, 0) is 4.79 Å². The van der Waals surface area contributed by atoms with Crippen LogP contribution in [0.4, 0.5) is 0 Å². The fraction of sp³-hybridized carbons (Fsp3) is 0.267. The third kappa shape index (κ3) is 2.45. The zero-order valence-corrected chi connectivity index (χ0v) is 12.1. The molecule has 19 heavy (non-hydrogen) atoms. The van der Waals surface area contributed by atoms with E-state index in [4.69, 9.17) is 0 Å². The summed E-state index contributed by atoms with van der Waals surface area (Å²) >= 11 is 3.48. The van der Waals surface area contributed by atoms with Gasteiger partial charge in [-0.1, -0.05) is 28.1 Å². The molecule has 0 unspecified atom stereocenters. The summed E-state index contributed by atoms with van der Waals surface area (Å²) in [6, 6.07) is 0. The molecule has 1 saturated heterocycles. The minimum Gasteiger partial charge on any atom is -0.341 e. The quantitative estimate of drug-likeness (QED) is 0.794. The normalized spacial score (nSPS) is 21.9. The summed E-state index contributed by atoms with van der Waals surface area (Å²) in [5, 5.41) is 4.20. The van der Waals surface area contributed by atoms with Gasteiger partial charge in [0.15, 0.2) is 0 Å². The number of allylic oxidation sites excluding steroid dienone is 7. The zero-order valence-electron chi connectivity index (χ0n) is 10.5. The number of likely N-dealkylation sites (tertiary alicyclic amines) is 1. The average Bonchev–Trinajstić information content (AvgIpc) is 2.74. The van der Waals surface area contributed by atoms with Crippen LogP contribution in [0.1, 0.15) is 12.8 Å². The molecule has 0 bridgehead atoms. The summed E-state index contributed by atoms with van der Waals surface area (Å²) in [7, 11) is 0. The van der Waals surface area contributed by atoms with E-state index in [2.05, 4.69) is 39.5 Å². The van der Waals surface area contributed by atoms with E-state index in [0.717, 1.165) is 35.4 Å². The minimum atomic E-state index is 0.206. The van der Waals surface area contributed by atoms with Crippen LogP contribution < -0.4 is 5.32 Å². The van der Waals surface area contributed by atoms with Crippen LogP contribution in [0.2, 0.25) is 0 Å². The molecular weight excluding hydrogens is 304 g/mol. The number of hydrogen-bond acceptors (Lipinski definition) is 2. The first-order valence-corrected chi connectivity index (χ1v) is 7.55. The van der Waals surface area contributed by atoms with E-state index in [0.29, 0.717) is 6.42 Å². The molecule has 2 aliphatic heterocycles. The summed E-state index contributed by atoms with van der Waals surface area (Å²) in [6.07, 6.45) is 14.0. The van der Waals surface area contributed by atoms with E-state index in [1.54, 1.807) is 0 Å². The van der Waals surface area contributed by atoms with Crippen molar-refractivity contribution in [2.75, 3.05) is 11.9 Å². The summed E-state index contributed by atoms with van der Waals surface area (Å²) in [6.45, 7) is 0.812. The minimum absolute atomic E-state index is 0.206. The molecule has 98 valence electrons. The van der Waals surface area contributed by atoms with E-state index < -0.39 is 0 Å². The van der Waals surface area contributed by atoms with Gasteiger partial charge in [0.05, 0.1) is 0 Å². The van der Waals surface area contributed by atoms with Crippen LogP contribution in [0.25, 0.3) is 0 Å². The Bertz CT molecular complexity index is 567. The molecule has 3 aliphatic rings. The number of carbonyl (C=O) groups is 1. The van der Waals surface area contributed by atoms with Crippen molar-refractivity contribution in [3.8, 4) is 0 Å². The molecule has 1 fully saturated rings. The van der Waals surface area contributed by atoms with Crippen molar-refractivity contribution in [3.63, 3.8) is 0 Å². The second kappa shape index (κ2) is 5.21. The smallest absolute Gasteiger partial charge is 0.228 e. The topological polar surface area (TPSA) is 32.3 Å². The Labute approximate surface area is 121 Å². The van der Waals surface area contributed by atoms with Crippen molar-refractivity contribution in [1.29, 1.82) is 0 Å². The van der Waals surface area contributed by atoms with E-state index in [9.17, 15) is 4.79 Å². The highest BCUT2D eigenvalue weighted by atomic mass is 79.9. The van der Waals surface area contributed by atoms with Crippen LogP contribution >= 0.6 is 15.9 Å². The molecule has 0 atom stereocenters. The largest absolute Gasteiger partial charge is 0.341 e. The molecule has 0 saturated carbocycles. The molecule has 0 aromatic rings. The second-order valence-electron chi connectivity index (χ2n) is 4.74. The summed E-state index contributed by atoms with van der Waals surface area (Å²) in [5.41, 5.74) is 3.42. The van der Waals surface area contributed by atoms with E-state index in [1.165, 1.54) is 5.57 Å². The van der Waals surface area contributed by atoms with Crippen molar-refractivity contribution in [2.24, 2.45) is 0 Å². The van der Waals surface area contributed by atoms with Gasteiger partial charge in [-0.25, -0.2) is 0 Å². The molecule has 0 radical (unpaired) electrons. The Balaban J connectivity index is 1.90. The van der Waals surface area contributed by atoms with Crippen molar-refractivity contribution < 1.29 is 4.79 Å². The molecule has 4 heteroatoms. The number of dihydropyridines is 1. The molecule has 2 heterocycles. The Morgan fingerprint density at radius 2 is 2.21 bits per heavy atom. The fourth-order valence-corrected chi connectivity index (χ4v) is 2.78. The van der Waals surface area contributed by atoms with Gasteiger partial charge < -0.3 is 5.32 Å². The lowest BCUT2D eigenvalue weighted by molar-refractivity contribution is -0.126. The summed E-state index contributed by atoms with van der Waals surface area (Å²) in [4.78, 5) is 13.6. The van der Waals surface area contributed by atoms with Crippen LogP contribution in [0.3, 0.4) is 0 Å². The maximum Gasteiger partial charge on any atom is 0.228 e. The lowest BCUT2D eigenvalue weighted by atomic mass is 10.1. The predicted molar refractivity (Wildman–Crippen MR) is 79.3 cm³/mol. The zero-order chi connectivity index (χ0) is 13.2. The highest BCUT2D eigenvalue weighted by Crippen LogP contribution is 2.25. The van der Waals surface area contributed by atoms with Crippen molar-refractivity contribution >= 4 is 21.8 Å². The highest BCUT2D eigenvalue weighted by Gasteiger charge is 2.25. The number of carbonyl (C=O) groups excluding carboxylic acids is 1. The maximum absolute atomic E-state index is 11.8. The van der Waals surface area contributed by atoms with E-state index in [-0.39, 0.29) is 5.91 Å². The lowest BCUT2D eigenvalue weighted by Crippen LogP contribution is -2.33. The summed E-state index contributed by atoms with van der Waals surface area (Å²) < 4.78 is 0. The van der Waals surface area contributed by atoms with Crippen molar-refractivity contribution in [1.82, 2.24) is 10.2 Å². The number of rotatable bonds is 2. The number of halogens is 1. The Kier molecular flexibility index (Phi) is 3.42. The van der Waals surface area contributed by atoms with Crippen molar-refractivity contribution in [2.45, 2.75) is 12.8 Å². The third-order valence-electron chi connectivity index (χ3n) is 3.43. The van der Waals surface area contributed by atoms with Crippen LogP contribution in [0.5, 0.6) is 0 Å². The van der Waals surface area contributed by atoms with Crippen LogP contribution in [0, 0.1) is 0 Å². The van der Waals surface area contributed by atoms with Gasteiger partial charge in [-0.05, 0) is 41.9 Å². The van der Waals surface area contributed by atoms with Gasteiger partial charge in [0.2, 0.25) is 5.91 Å². The van der Waals surface area contributed by atoms with Gasteiger partial charge in [0.25, 0.3) is 0 Å². The maximum atomic E-state index is 11.8. The Hall–Kier alpha value is -1.55. The number of nitrogens with one attached hydrogen (secondary N) is 1. The average molecular weight is 319 g/mol. The highest BCUT2D eigenvalue weighted by molar-refractivity contribution is 9.09. The number of amides is 1. The van der Waals surface area contributed by atoms with Gasteiger partial charge in [0, 0.05) is 24.0 Å². The van der Waals surface area contributed by atoms with Gasteiger partial charge in [-0.15, -0.1) is 0 Å². The molecule has 0 aromatic carbocycles. The first kappa shape index (κ1) is 12.5. The molecule has 1 amide bonds. The molecule has 0 aromatic heterocycles. The number of hydrogen-bond donors (Lipinski definition) is 1. The Morgan fingerprint density at radius 3 is 2.95 bits per heavy atom. The van der Waals surface area contributed by atoms with Gasteiger partial charge in [0.1, 0.15) is 5.82 Å². The monoisotopic (exact) mass is 318 g/mol. The van der Waals surface area contributed by atoms with Crippen molar-refractivity contribution in [3.05, 3.63) is 59.1 Å².